The van der Waals surface area contributed by atoms with E-state index in [1.807, 2.05) is 21.1 Å². The smallest absolute Gasteiger partial charge is 0.361 e. The molecule has 0 aromatic carbocycles. The molecule has 1 N–H and O–H groups in total. The monoisotopic (exact) mass is 1060 g/mol. The first kappa shape index (κ1) is 73.0. The second-order valence-electron chi connectivity index (χ2n) is 23.8. The van der Waals surface area contributed by atoms with Crippen LogP contribution in [0.4, 0.5) is 0 Å². The average Bonchev–Trinajstić information content (AvgIpc) is 3.38. The van der Waals surface area contributed by atoms with Crippen molar-refractivity contribution in [2.24, 2.45) is 0 Å². The summed E-state index contributed by atoms with van der Waals surface area (Å²) in [6.45, 7) is 4.93. The zero-order valence-electron chi connectivity index (χ0n) is 50.7. The number of likely N-dealkylation sites (N-methyl/N-ethyl adjacent to an activating group) is 1. The highest BCUT2D eigenvalue weighted by Crippen LogP contribution is 2.19. The Labute approximate surface area is 465 Å². The van der Waals surface area contributed by atoms with Gasteiger partial charge < -0.3 is 28.5 Å². The average molecular weight is 1060 g/mol. The van der Waals surface area contributed by atoms with Gasteiger partial charge in [0.05, 0.1) is 34.4 Å². The standard InChI is InChI=1S/C66H127NO8/c1-6-8-10-12-14-16-18-20-22-24-25-26-27-28-29-30-31-32-33-34-35-36-37-38-39-40-41-43-44-46-48-50-52-54-56-63(68)73-60-62(61-74-66(65(70)71)72-59-58-67(3,4)5)75-64(69)57-55-53-51-49-47-45-42-23-21-19-17-15-13-11-9-7-2/h23,42,62,66H,6-22,24-41,43-61H2,1-5H3/p+1/b42-23-. The van der Waals surface area contributed by atoms with E-state index in [2.05, 4.69) is 26.0 Å². The first-order chi connectivity index (χ1) is 36.6. The van der Waals surface area contributed by atoms with Crippen molar-refractivity contribution in [2.45, 2.75) is 347 Å². The molecule has 0 aromatic heterocycles. The molecule has 0 bridgehead atoms. The Kier molecular flexibility index (Phi) is 56.7. The number of aliphatic carboxylic acids is 1. The minimum Gasteiger partial charge on any atom is -0.477 e. The Morgan fingerprint density at radius 1 is 0.387 bits per heavy atom. The van der Waals surface area contributed by atoms with Crippen molar-refractivity contribution < 1.29 is 42.9 Å². The minimum absolute atomic E-state index is 0.179. The first-order valence-corrected chi connectivity index (χ1v) is 32.9. The Hall–Kier alpha value is -1.97. The summed E-state index contributed by atoms with van der Waals surface area (Å²) in [5.41, 5.74) is 0. The molecule has 2 atom stereocenters. The molecule has 9 heteroatoms. The molecule has 0 saturated carbocycles. The number of allylic oxidation sites excluding steroid dienone is 2. The summed E-state index contributed by atoms with van der Waals surface area (Å²) < 4.78 is 22.9. The summed E-state index contributed by atoms with van der Waals surface area (Å²) in [6.07, 6.45) is 66.2. The Bertz CT molecular complexity index is 1240. The van der Waals surface area contributed by atoms with Crippen molar-refractivity contribution in [2.75, 3.05) is 47.5 Å². The zero-order valence-corrected chi connectivity index (χ0v) is 50.7. The van der Waals surface area contributed by atoms with Gasteiger partial charge in [-0.1, -0.05) is 296 Å². The van der Waals surface area contributed by atoms with Crippen molar-refractivity contribution in [3.8, 4) is 0 Å². The Morgan fingerprint density at radius 3 is 0.987 bits per heavy atom. The van der Waals surface area contributed by atoms with E-state index in [0.717, 1.165) is 51.4 Å². The van der Waals surface area contributed by atoms with Crippen LogP contribution in [-0.4, -0.2) is 87.4 Å². The predicted octanol–water partition coefficient (Wildman–Crippen LogP) is 19.7. The number of quaternary nitrogens is 1. The number of esters is 2. The number of ether oxygens (including phenoxy) is 4. The van der Waals surface area contributed by atoms with Crippen LogP contribution in [0.2, 0.25) is 0 Å². The van der Waals surface area contributed by atoms with Gasteiger partial charge in [-0.05, 0) is 38.5 Å². The van der Waals surface area contributed by atoms with Gasteiger partial charge in [0.2, 0.25) is 0 Å². The molecule has 0 aromatic rings. The van der Waals surface area contributed by atoms with Gasteiger partial charge in [0.1, 0.15) is 13.2 Å². The van der Waals surface area contributed by atoms with Crippen LogP contribution in [-0.2, 0) is 33.3 Å². The van der Waals surface area contributed by atoms with Crippen LogP contribution >= 0.6 is 0 Å². The van der Waals surface area contributed by atoms with Gasteiger partial charge >= 0.3 is 17.9 Å². The SMILES string of the molecule is CCCCCCCCC/C=C\CCCCCCCC(=O)OC(COC(=O)CCCCCCCCCCCCCCCCCCCCCCCCCCCCCCCCCCCC)COC(OCC[N+](C)(C)C)C(=O)O. The molecule has 0 spiro atoms. The molecule has 75 heavy (non-hydrogen) atoms. The molecule has 0 amide bonds. The van der Waals surface area contributed by atoms with E-state index in [0.29, 0.717) is 23.9 Å². The second kappa shape index (κ2) is 58.2. The molecule has 444 valence electrons. The number of carboxylic acid groups (broad SMARTS) is 1. The third-order valence-electron chi connectivity index (χ3n) is 15.0. The third-order valence-corrected chi connectivity index (χ3v) is 15.0. The lowest BCUT2D eigenvalue weighted by atomic mass is 10.0. The van der Waals surface area contributed by atoms with Gasteiger partial charge in [-0.25, -0.2) is 4.79 Å². The molecule has 0 aliphatic carbocycles. The summed E-state index contributed by atoms with van der Waals surface area (Å²) >= 11 is 0. The fourth-order valence-corrected chi connectivity index (χ4v) is 9.95. The summed E-state index contributed by atoms with van der Waals surface area (Å²) in [5, 5.41) is 9.71. The first-order valence-electron chi connectivity index (χ1n) is 32.9. The van der Waals surface area contributed by atoms with Crippen LogP contribution in [0.1, 0.15) is 335 Å². The van der Waals surface area contributed by atoms with Crippen molar-refractivity contribution in [3.05, 3.63) is 12.2 Å². The fourth-order valence-electron chi connectivity index (χ4n) is 9.95. The van der Waals surface area contributed by atoms with E-state index < -0.39 is 24.3 Å². The van der Waals surface area contributed by atoms with Gasteiger partial charge in [-0.3, -0.25) is 9.59 Å². The zero-order chi connectivity index (χ0) is 54.8. The molecule has 0 heterocycles. The van der Waals surface area contributed by atoms with Gasteiger partial charge in [-0.2, -0.15) is 0 Å². The van der Waals surface area contributed by atoms with Gasteiger partial charge in [-0.15, -0.1) is 0 Å². The van der Waals surface area contributed by atoms with Crippen LogP contribution in [0.25, 0.3) is 0 Å². The van der Waals surface area contributed by atoms with E-state index >= 15 is 0 Å². The highest BCUT2D eigenvalue weighted by molar-refractivity contribution is 5.71. The Morgan fingerprint density at radius 2 is 0.680 bits per heavy atom. The van der Waals surface area contributed by atoms with Crippen LogP contribution in [0.3, 0.4) is 0 Å². The predicted molar refractivity (Wildman–Crippen MR) is 318 cm³/mol. The quantitative estimate of drug-likeness (QED) is 0.0211. The minimum atomic E-state index is -1.51. The molecular weight excluding hydrogens is 935 g/mol. The topological polar surface area (TPSA) is 108 Å². The number of hydrogen-bond acceptors (Lipinski definition) is 7. The van der Waals surface area contributed by atoms with Gasteiger partial charge in [0.15, 0.2) is 6.10 Å². The lowest BCUT2D eigenvalue weighted by Gasteiger charge is -2.25. The van der Waals surface area contributed by atoms with Crippen molar-refractivity contribution in [1.82, 2.24) is 0 Å². The summed E-state index contributed by atoms with van der Waals surface area (Å²) in [5.74, 6) is -1.99. The highest BCUT2D eigenvalue weighted by atomic mass is 16.7. The van der Waals surface area contributed by atoms with E-state index in [-0.39, 0.29) is 32.2 Å². The van der Waals surface area contributed by atoms with Gasteiger partial charge in [0, 0.05) is 12.8 Å². The summed E-state index contributed by atoms with van der Waals surface area (Å²) in [4.78, 5) is 37.4. The largest absolute Gasteiger partial charge is 0.477 e. The number of hydrogen-bond donors (Lipinski definition) is 1. The van der Waals surface area contributed by atoms with Crippen molar-refractivity contribution >= 4 is 17.9 Å². The molecule has 0 radical (unpaired) electrons. The van der Waals surface area contributed by atoms with E-state index in [1.54, 1.807) is 0 Å². The van der Waals surface area contributed by atoms with Gasteiger partial charge in [0.25, 0.3) is 6.29 Å². The fraction of sp³-hybridized carbons (Fsp3) is 0.924. The molecule has 0 fully saturated rings. The maximum atomic E-state index is 12.9. The van der Waals surface area contributed by atoms with Crippen LogP contribution in [0.5, 0.6) is 0 Å². The van der Waals surface area contributed by atoms with Crippen molar-refractivity contribution in [1.29, 1.82) is 0 Å². The number of rotatable bonds is 62. The number of unbranched alkanes of at least 4 members (excludes halogenated alkanes) is 45. The maximum absolute atomic E-state index is 12.9. The molecule has 0 aliphatic rings. The van der Waals surface area contributed by atoms with Crippen molar-refractivity contribution in [3.63, 3.8) is 0 Å². The molecule has 2 unspecified atom stereocenters. The number of carbonyl (C=O) groups is 3. The number of nitrogens with zero attached hydrogens (tertiary/aromatic N) is 1. The molecule has 0 rings (SSSR count). The van der Waals surface area contributed by atoms with Crippen LogP contribution in [0, 0.1) is 0 Å². The summed E-state index contributed by atoms with van der Waals surface area (Å²) in [6, 6.07) is 0. The number of carbonyl (C=O) groups excluding carboxylic acids is 2. The molecule has 0 aliphatic heterocycles. The Balaban J connectivity index is 3.98. The van der Waals surface area contributed by atoms with E-state index in [9.17, 15) is 19.5 Å². The lowest BCUT2D eigenvalue weighted by molar-refractivity contribution is -0.870. The van der Waals surface area contributed by atoms with Crippen LogP contribution < -0.4 is 0 Å². The summed E-state index contributed by atoms with van der Waals surface area (Å²) in [7, 11) is 5.98. The second-order valence-corrected chi connectivity index (χ2v) is 23.8. The highest BCUT2D eigenvalue weighted by Gasteiger charge is 2.25. The molecular formula is C66H128NO8+. The van der Waals surface area contributed by atoms with Crippen LogP contribution in [0.15, 0.2) is 12.2 Å². The van der Waals surface area contributed by atoms with E-state index in [1.165, 1.54) is 250 Å². The third kappa shape index (κ3) is 59.5. The molecule has 9 nitrogen and oxygen atoms in total. The normalized spacial score (nSPS) is 12.7. The number of carboxylic acids is 1. The lowest BCUT2D eigenvalue weighted by Crippen LogP contribution is -2.40. The maximum Gasteiger partial charge on any atom is 0.361 e. The molecule has 0 saturated heterocycles. The van der Waals surface area contributed by atoms with E-state index in [4.69, 9.17) is 18.9 Å².